The summed E-state index contributed by atoms with van der Waals surface area (Å²) in [5, 5.41) is 0. The van der Waals surface area contributed by atoms with Gasteiger partial charge in [-0.2, -0.15) is 0 Å². The normalized spacial score (nSPS) is 10.3. The molecule has 0 heterocycles. The SMILES string of the molecule is COC(=O)c1c(C#Cc2cc3cccccc-3c2C(=O)OC)cc2cccccc1-2. The van der Waals surface area contributed by atoms with Crippen LogP contribution < -0.4 is 0 Å². The Labute approximate surface area is 174 Å². The number of carbonyl (C=O) groups is 2. The summed E-state index contributed by atoms with van der Waals surface area (Å²) in [4.78, 5) is 24.9. The van der Waals surface area contributed by atoms with Gasteiger partial charge in [0.2, 0.25) is 0 Å². The molecule has 0 radical (unpaired) electrons. The van der Waals surface area contributed by atoms with Crippen LogP contribution in [0.5, 0.6) is 0 Å². The fourth-order valence-electron chi connectivity index (χ4n) is 3.55. The van der Waals surface area contributed by atoms with Gasteiger partial charge >= 0.3 is 11.9 Å². The summed E-state index contributed by atoms with van der Waals surface area (Å²) in [5.41, 5.74) is 5.24. The molecule has 0 N–H and O–H groups in total. The van der Waals surface area contributed by atoms with Crippen molar-refractivity contribution < 1.29 is 19.1 Å². The van der Waals surface area contributed by atoms with Crippen molar-refractivity contribution in [3.63, 3.8) is 0 Å². The van der Waals surface area contributed by atoms with E-state index in [-0.39, 0.29) is 0 Å². The summed E-state index contributed by atoms with van der Waals surface area (Å²) in [5.74, 6) is 5.25. The van der Waals surface area contributed by atoms with Crippen LogP contribution in [0, 0.1) is 11.8 Å². The molecule has 4 aliphatic rings. The molecule has 0 aromatic rings. The molecule has 0 bridgehead atoms. The van der Waals surface area contributed by atoms with Crippen molar-refractivity contribution in [2.45, 2.75) is 0 Å². The molecule has 0 saturated carbocycles. The Balaban J connectivity index is 1.92. The number of methoxy groups -OCH3 is 2. The second kappa shape index (κ2) is 8.10. The number of ether oxygens (including phenoxy) is 2. The van der Waals surface area contributed by atoms with Gasteiger partial charge in [0.1, 0.15) is 0 Å². The minimum Gasteiger partial charge on any atom is -0.465 e. The molecule has 0 atom stereocenters. The Kier molecular flexibility index (Phi) is 5.19. The van der Waals surface area contributed by atoms with Gasteiger partial charge in [-0.3, -0.25) is 0 Å². The molecule has 4 nitrogen and oxygen atoms in total. The molecule has 0 aliphatic heterocycles. The van der Waals surface area contributed by atoms with Crippen LogP contribution in [-0.2, 0) is 9.47 Å². The maximum Gasteiger partial charge on any atom is 0.339 e. The lowest BCUT2D eigenvalue weighted by atomic mass is 10.1. The van der Waals surface area contributed by atoms with Gasteiger partial charge in [-0.05, 0) is 34.4 Å². The summed E-state index contributed by atoms with van der Waals surface area (Å²) in [6, 6.07) is 22.6. The van der Waals surface area contributed by atoms with E-state index in [1.165, 1.54) is 14.2 Å². The molecule has 0 saturated heterocycles. The molecule has 0 amide bonds. The molecular formula is C26H18O4. The third-order valence-electron chi connectivity index (χ3n) is 4.93. The van der Waals surface area contributed by atoms with Crippen LogP contribution in [0.1, 0.15) is 31.8 Å². The van der Waals surface area contributed by atoms with Crippen LogP contribution in [-0.4, -0.2) is 26.2 Å². The van der Waals surface area contributed by atoms with E-state index < -0.39 is 11.9 Å². The lowest BCUT2D eigenvalue weighted by Gasteiger charge is -2.01. The van der Waals surface area contributed by atoms with Crippen molar-refractivity contribution >= 4 is 11.9 Å². The summed E-state index contributed by atoms with van der Waals surface area (Å²) in [6.07, 6.45) is 0. The predicted molar refractivity (Wildman–Crippen MR) is 115 cm³/mol. The van der Waals surface area contributed by atoms with Crippen LogP contribution in [0.15, 0.2) is 72.8 Å². The molecule has 4 heteroatoms. The van der Waals surface area contributed by atoms with Crippen molar-refractivity contribution in [3.05, 3.63) is 95.1 Å². The fourth-order valence-corrected chi connectivity index (χ4v) is 3.55. The summed E-state index contributed by atoms with van der Waals surface area (Å²) in [7, 11) is 2.70. The van der Waals surface area contributed by atoms with E-state index in [9.17, 15) is 9.59 Å². The van der Waals surface area contributed by atoms with Crippen molar-refractivity contribution in [1.82, 2.24) is 0 Å². The molecular weight excluding hydrogens is 376 g/mol. The highest BCUT2D eigenvalue weighted by atomic mass is 16.5. The Hall–Kier alpha value is -4.10. The summed E-state index contributed by atoms with van der Waals surface area (Å²) in [6.45, 7) is 0. The first-order valence-electron chi connectivity index (χ1n) is 9.36. The van der Waals surface area contributed by atoms with Crippen molar-refractivity contribution in [1.29, 1.82) is 0 Å². The first-order chi connectivity index (χ1) is 14.6. The number of carbonyl (C=O) groups excluding carboxylic acids is 2. The highest BCUT2D eigenvalue weighted by molar-refractivity contribution is 6.03. The Morgan fingerprint density at radius 3 is 1.43 bits per heavy atom. The lowest BCUT2D eigenvalue weighted by molar-refractivity contribution is 0.0592. The second-order valence-corrected chi connectivity index (χ2v) is 6.66. The second-order valence-electron chi connectivity index (χ2n) is 6.66. The average molecular weight is 394 g/mol. The number of fused-ring (bicyclic) bond motifs is 2. The minimum atomic E-state index is -0.451. The number of hydrogen-bond donors (Lipinski definition) is 0. The van der Waals surface area contributed by atoms with Crippen molar-refractivity contribution in [2.75, 3.05) is 14.2 Å². The van der Waals surface area contributed by atoms with E-state index >= 15 is 0 Å². The Morgan fingerprint density at radius 1 is 0.633 bits per heavy atom. The largest absolute Gasteiger partial charge is 0.465 e. The smallest absolute Gasteiger partial charge is 0.339 e. The molecule has 4 rings (SSSR count). The average Bonchev–Trinajstić information content (AvgIpc) is 3.06. The molecule has 0 unspecified atom stereocenters. The molecule has 0 fully saturated rings. The summed E-state index contributed by atoms with van der Waals surface area (Å²) < 4.78 is 9.97. The van der Waals surface area contributed by atoms with Crippen molar-refractivity contribution in [2.24, 2.45) is 0 Å². The molecule has 0 aromatic carbocycles. The predicted octanol–water partition coefficient (Wildman–Crippen LogP) is 4.87. The van der Waals surface area contributed by atoms with E-state index in [1.54, 1.807) is 0 Å². The first-order valence-corrected chi connectivity index (χ1v) is 9.36. The maximum absolute atomic E-state index is 12.5. The van der Waals surface area contributed by atoms with E-state index in [2.05, 4.69) is 11.8 Å². The topological polar surface area (TPSA) is 52.6 Å². The van der Waals surface area contributed by atoms with E-state index in [1.807, 2.05) is 72.8 Å². The minimum absolute atomic E-state index is 0.415. The zero-order chi connectivity index (χ0) is 21.1. The molecule has 30 heavy (non-hydrogen) atoms. The molecule has 0 aromatic heterocycles. The van der Waals surface area contributed by atoms with Gasteiger partial charge < -0.3 is 9.47 Å². The van der Waals surface area contributed by atoms with E-state index in [0.29, 0.717) is 22.3 Å². The first kappa shape index (κ1) is 19.2. The van der Waals surface area contributed by atoms with Crippen LogP contribution in [0.4, 0.5) is 0 Å². The molecule has 0 spiro atoms. The monoisotopic (exact) mass is 394 g/mol. The van der Waals surface area contributed by atoms with Gasteiger partial charge in [-0.15, -0.1) is 0 Å². The third kappa shape index (κ3) is 3.38. The van der Waals surface area contributed by atoms with Crippen molar-refractivity contribution in [3.8, 4) is 34.1 Å². The van der Waals surface area contributed by atoms with Gasteiger partial charge in [0.25, 0.3) is 0 Å². The zero-order valence-electron chi connectivity index (χ0n) is 16.6. The summed E-state index contributed by atoms with van der Waals surface area (Å²) >= 11 is 0. The number of esters is 2. The fraction of sp³-hybridized carbons (Fsp3) is 0.0769. The molecule has 146 valence electrons. The zero-order valence-corrected chi connectivity index (χ0v) is 16.6. The third-order valence-corrected chi connectivity index (χ3v) is 4.93. The standard InChI is InChI=1S/C26H18O4/c1-29-25(27)23-19(15-17-9-5-3-7-11-21(17)23)13-14-20-16-18-10-6-4-8-12-22(18)24(20)26(28)30-2/h3-12,15-16H,1-2H3. The Morgan fingerprint density at radius 2 is 1.03 bits per heavy atom. The van der Waals surface area contributed by atoms with Gasteiger partial charge in [-0.1, -0.05) is 72.5 Å². The number of hydrogen-bond acceptors (Lipinski definition) is 4. The maximum atomic E-state index is 12.5. The van der Waals surface area contributed by atoms with Gasteiger partial charge in [0, 0.05) is 11.1 Å². The van der Waals surface area contributed by atoms with Gasteiger partial charge in [0.15, 0.2) is 0 Å². The van der Waals surface area contributed by atoms with Gasteiger partial charge in [-0.25, -0.2) is 9.59 Å². The van der Waals surface area contributed by atoms with Crippen LogP contribution >= 0.6 is 0 Å². The van der Waals surface area contributed by atoms with E-state index in [0.717, 1.165) is 22.3 Å². The van der Waals surface area contributed by atoms with Gasteiger partial charge in [0.05, 0.1) is 25.3 Å². The Bertz CT molecular complexity index is 1160. The lowest BCUT2D eigenvalue weighted by Crippen LogP contribution is -2.03. The molecule has 4 aliphatic carbocycles. The highest BCUT2D eigenvalue weighted by Crippen LogP contribution is 2.33. The van der Waals surface area contributed by atoms with Crippen LogP contribution in [0.2, 0.25) is 0 Å². The van der Waals surface area contributed by atoms with E-state index in [4.69, 9.17) is 9.47 Å². The quantitative estimate of drug-likeness (QED) is 0.360. The number of rotatable bonds is 2. The highest BCUT2D eigenvalue weighted by Gasteiger charge is 2.23. The van der Waals surface area contributed by atoms with Crippen LogP contribution in [0.25, 0.3) is 22.3 Å². The van der Waals surface area contributed by atoms with Crippen LogP contribution in [0.3, 0.4) is 0 Å².